The largest absolute Gasteiger partial charge is 0.459 e. The first-order chi connectivity index (χ1) is 12.3. The van der Waals surface area contributed by atoms with Gasteiger partial charge in [-0.05, 0) is 62.4 Å². The fourth-order valence-electron chi connectivity index (χ4n) is 3.91. The minimum absolute atomic E-state index is 0.0867. The second-order valence-electron chi connectivity index (χ2n) is 7.83. The highest BCUT2D eigenvalue weighted by atomic mass is 16.7. The van der Waals surface area contributed by atoms with E-state index in [4.69, 9.17) is 14.6 Å². The second-order valence-corrected chi connectivity index (χ2v) is 7.83. The summed E-state index contributed by atoms with van der Waals surface area (Å²) < 4.78 is 11.7. The predicted octanol–water partition coefficient (Wildman–Crippen LogP) is 3.13. The number of carbonyl (C=O) groups is 1. The maximum Gasteiger partial charge on any atom is 0.286 e. The fourth-order valence-corrected chi connectivity index (χ4v) is 3.91. The summed E-state index contributed by atoms with van der Waals surface area (Å²) in [5.74, 6) is 2.05. The van der Waals surface area contributed by atoms with Gasteiger partial charge in [-0.15, -0.1) is 0 Å². The first-order valence-electron chi connectivity index (χ1n) is 10.2. The van der Waals surface area contributed by atoms with Crippen molar-refractivity contribution in [2.24, 2.45) is 17.8 Å². The van der Waals surface area contributed by atoms with Gasteiger partial charge >= 0.3 is 0 Å². The molecule has 0 radical (unpaired) electrons. The van der Waals surface area contributed by atoms with Gasteiger partial charge in [0.2, 0.25) is 6.29 Å². The number of carbonyl (C=O) groups excluding carboxylic acids is 1. The van der Waals surface area contributed by atoms with Crippen molar-refractivity contribution >= 4 is 5.91 Å². The van der Waals surface area contributed by atoms with Gasteiger partial charge in [-0.3, -0.25) is 4.79 Å². The summed E-state index contributed by atoms with van der Waals surface area (Å²) >= 11 is 0. The molecule has 2 fully saturated rings. The molecule has 0 aromatic heterocycles. The lowest BCUT2D eigenvalue weighted by Gasteiger charge is -2.35. The zero-order valence-electron chi connectivity index (χ0n) is 15.3. The van der Waals surface area contributed by atoms with Crippen molar-refractivity contribution < 1.29 is 19.4 Å². The Morgan fingerprint density at radius 3 is 2.72 bits per heavy atom. The zero-order chi connectivity index (χ0) is 17.5. The Labute approximate surface area is 151 Å². The van der Waals surface area contributed by atoms with Crippen LogP contribution in [0.4, 0.5) is 0 Å². The summed E-state index contributed by atoms with van der Waals surface area (Å²) in [4.78, 5) is 12.5. The Bertz CT molecular complexity index is 455. The number of rotatable bonds is 9. The van der Waals surface area contributed by atoms with Crippen LogP contribution < -0.4 is 5.32 Å². The molecule has 0 spiro atoms. The van der Waals surface area contributed by atoms with E-state index in [0.29, 0.717) is 30.1 Å². The third kappa shape index (κ3) is 6.00. The zero-order valence-corrected chi connectivity index (χ0v) is 15.3. The van der Waals surface area contributed by atoms with E-state index in [2.05, 4.69) is 11.4 Å². The summed E-state index contributed by atoms with van der Waals surface area (Å²) in [6, 6.07) is 0. The highest BCUT2D eigenvalue weighted by Gasteiger charge is 2.33. The number of hydrogen-bond acceptors (Lipinski definition) is 4. The minimum Gasteiger partial charge on any atom is -0.459 e. The molecule has 1 aliphatic heterocycles. The van der Waals surface area contributed by atoms with Crippen LogP contribution in [-0.2, 0) is 14.3 Å². The summed E-state index contributed by atoms with van der Waals surface area (Å²) in [5.41, 5.74) is 0. The molecule has 1 heterocycles. The van der Waals surface area contributed by atoms with Crippen LogP contribution in [0.15, 0.2) is 11.8 Å². The Balaban J connectivity index is 1.57. The SMILES string of the molecule is O=C(NCC1CC1)C1=C[C@H](C2CCCCC2)C[C@H](OCCCCO)O1. The van der Waals surface area contributed by atoms with Crippen LogP contribution in [0.1, 0.15) is 64.2 Å². The van der Waals surface area contributed by atoms with Crippen molar-refractivity contribution in [3.8, 4) is 0 Å². The maximum atomic E-state index is 12.5. The molecular weight excluding hydrogens is 318 g/mol. The van der Waals surface area contributed by atoms with Crippen molar-refractivity contribution in [1.29, 1.82) is 0 Å². The lowest BCUT2D eigenvalue weighted by Crippen LogP contribution is -2.36. The topological polar surface area (TPSA) is 67.8 Å². The van der Waals surface area contributed by atoms with Crippen molar-refractivity contribution in [3.63, 3.8) is 0 Å². The van der Waals surface area contributed by atoms with E-state index in [0.717, 1.165) is 25.8 Å². The van der Waals surface area contributed by atoms with Crippen LogP contribution in [0.25, 0.3) is 0 Å². The molecule has 0 saturated heterocycles. The Morgan fingerprint density at radius 2 is 2.00 bits per heavy atom. The molecule has 2 saturated carbocycles. The van der Waals surface area contributed by atoms with Crippen LogP contribution in [0, 0.1) is 17.8 Å². The third-order valence-corrected chi connectivity index (χ3v) is 5.67. The number of aliphatic hydroxyl groups is 1. The number of unbranched alkanes of at least 4 members (excludes halogenated alkanes) is 1. The maximum absolute atomic E-state index is 12.5. The molecule has 3 aliphatic rings. The highest BCUT2D eigenvalue weighted by molar-refractivity contribution is 5.91. The number of aliphatic hydroxyl groups excluding tert-OH is 1. The smallest absolute Gasteiger partial charge is 0.286 e. The normalized spacial score (nSPS) is 27.5. The molecule has 5 heteroatoms. The van der Waals surface area contributed by atoms with Gasteiger partial charge in [0, 0.05) is 19.6 Å². The van der Waals surface area contributed by atoms with Gasteiger partial charge in [0.25, 0.3) is 5.91 Å². The summed E-state index contributed by atoms with van der Waals surface area (Å²) in [6.07, 6.45) is 13.0. The molecule has 2 aliphatic carbocycles. The van der Waals surface area contributed by atoms with E-state index in [9.17, 15) is 4.79 Å². The van der Waals surface area contributed by atoms with Gasteiger partial charge in [0.05, 0.1) is 6.61 Å². The molecule has 3 rings (SSSR count). The molecule has 0 unspecified atom stereocenters. The van der Waals surface area contributed by atoms with Crippen molar-refractivity contribution in [3.05, 3.63) is 11.8 Å². The van der Waals surface area contributed by atoms with Crippen molar-refractivity contribution in [2.45, 2.75) is 70.5 Å². The summed E-state index contributed by atoms with van der Waals surface area (Å²) in [7, 11) is 0. The molecule has 25 heavy (non-hydrogen) atoms. The molecule has 0 aromatic rings. The first kappa shape index (κ1) is 18.7. The van der Waals surface area contributed by atoms with Crippen molar-refractivity contribution in [1.82, 2.24) is 5.32 Å². The monoisotopic (exact) mass is 351 g/mol. The highest BCUT2D eigenvalue weighted by Crippen LogP contribution is 2.37. The number of allylic oxidation sites excluding steroid dienone is 1. The number of ether oxygens (including phenoxy) is 2. The molecule has 5 nitrogen and oxygen atoms in total. The average molecular weight is 351 g/mol. The van der Waals surface area contributed by atoms with Gasteiger partial charge in [-0.1, -0.05) is 19.3 Å². The van der Waals surface area contributed by atoms with Crippen LogP contribution in [0.3, 0.4) is 0 Å². The molecule has 1 amide bonds. The minimum atomic E-state index is -0.336. The molecule has 0 aromatic carbocycles. The Hall–Kier alpha value is -1.07. The van der Waals surface area contributed by atoms with Gasteiger partial charge in [-0.2, -0.15) is 0 Å². The van der Waals surface area contributed by atoms with Crippen LogP contribution >= 0.6 is 0 Å². The fraction of sp³-hybridized carbons (Fsp3) is 0.850. The lowest BCUT2D eigenvalue weighted by atomic mass is 9.77. The van der Waals surface area contributed by atoms with E-state index in [1.54, 1.807) is 0 Å². The lowest BCUT2D eigenvalue weighted by molar-refractivity contribution is -0.151. The number of amides is 1. The molecule has 2 N–H and O–H groups in total. The van der Waals surface area contributed by atoms with E-state index in [-0.39, 0.29) is 18.8 Å². The standard InChI is InChI=1S/C20H33NO4/c22-10-4-5-11-24-19-13-17(16-6-2-1-3-7-16)12-18(25-19)20(23)21-14-15-8-9-15/h12,15-17,19,22H,1-11,13-14H2,(H,21,23)/t17-,19+/m0/s1. The van der Waals surface area contributed by atoms with Gasteiger partial charge in [0.1, 0.15) is 0 Å². The molecule has 142 valence electrons. The predicted molar refractivity (Wildman–Crippen MR) is 95.6 cm³/mol. The Kier molecular flexibility index (Phi) is 7.17. The third-order valence-electron chi connectivity index (χ3n) is 5.67. The summed E-state index contributed by atoms with van der Waals surface area (Å²) in [6.45, 7) is 1.52. The average Bonchev–Trinajstić information content (AvgIpc) is 3.48. The van der Waals surface area contributed by atoms with Gasteiger partial charge < -0.3 is 19.9 Å². The first-order valence-corrected chi connectivity index (χ1v) is 10.2. The van der Waals surface area contributed by atoms with E-state index in [1.807, 2.05) is 0 Å². The second kappa shape index (κ2) is 9.58. The van der Waals surface area contributed by atoms with E-state index >= 15 is 0 Å². The van der Waals surface area contributed by atoms with Gasteiger partial charge in [-0.25, -0.2) is 0 Å². The quantitative estimate of drug-likeness (QED) is 0.626. The van der Waals surface area contributed by atoms with E-state index < -0.39 is 0 Å². The van der Waals surface area contributed by atoms with Crippen LogP contribution in [0.2, 0.25) is 0 Å². The Morgan fingerprint density at radius 1 is 1.20 bits per heavy atom. The van der Waals surface area contributed by atoms with E-state index in [1.165, 1.54) is 44.9 Å². The summed E-state index contributed by atoms with van der Waals surface area (Å²) in [5, 5.41) is 11.9. The van der Waals surface area contributed by atoms with Gasteiger partial charge in [0.15, 0.2) is 5.76 Å². The van der Waals surface area contributed by atoms with Crippen molar-refractivity contribution in [2.75, 3.05) is 19.8 Å². The van der Waals surface area contributed by atoms with Crippen LogP contribution in [-0.4, -0.2) is 37.1 Å². The molecule has 0 bridgehead atoms. The van der Waals surface area contributed by atoms with Crippen LogP contribution in [0.5, 0.6) is 0 Å². The molecule has 2 atom stereocenters. The number of hydrogen-bond donors (Lipinski definition) is 2. The molecular formula is C20H33NO4. The number of nitrogens with one attached hydrogen (secondary N) is 1.